The summed E-state index contributed by atoms with van der Waals surface area (Å²) in [5.41, 5.74) is 4.09. The van der Waals surface area contributed by atoms with Gasteiger partial charge in [0.25, 0.3) is 4.84 Å². The van der Waals surface area contributed by atoms with Gasteiger partial charge in [-0.2, -0.15) is 5.10 Å². The largest absolute Gasteiger partial charge is 0.437 e. The standard InChI is InChI=1S/C10H13N3OS/c1-4-13-7(3)9(6(2)12-13)8-5-14-10(15)11-8/h5H,4H2,1-3H3,(H,11,15). The number of nitrogens with one attached hydrogen (secondary N) is 1. The molecule has 2 rings (SSSR count). The van der Waals surface area contributed by atoms with Crippen molar-refractivity contribution in [3.8, 4) is 11.3 Å². The highest BCUT2D eigenvalue weighted by Crippen LogP contribution is 2.25. The summed E-state index contributed by atoms with van der Waals surface area (Å²) in [5, 5.41) is 4.44. The summed E-state index contributed by atoms with van der Waals surface area (Å²) in [6.07, 6.45) is 1.64. The maximum absolute atomic E-state index is 5.09. The Balaban J connectivity index is 2.62. The second kappa shape index (κ2) is 3.66. The lowest BCUT2D eigenvalue weighted by Gasteiger charge is -1.99. The summed E-state index contributed by atoms with van der Waals surface area (Å²) < 4.78 is 7.06. The van der Waals surface area contributed by atoms with E-state index in [1.54, 1.807) is 6.26 Å². The van der Waals surface area contributed by atoms with Gasteiger partial charge in [-0.05, 0) is 33.0 Å². The lowest BCUT2D eigenvalue weighted by molar-refractivity contribution is 0.541. The SMILES string of the molecule is CCn1nc(C)c(-c2coc(=S)[nH]2)c1C. The van der Waals surface area contributed by atoms with Gasteiger partial charge in [-0.1, -0.05) is 0 Å². The van der Waals surface area contributed by atoms with Crippen LogP contribution in [0.3, 0.4) is 0 Å². The Hall–Kier alpha value is -1.36. The van der Waals surface area contributed by atoms with Crippen molar-refractivity contribution in [2.45, 2.75) is 27.3 Å². The quantitative estimate of drug-likeness (QED) is 0.796. The fourth-order valence-electron chi connectivity index (χ4n) is 1.80. The molecule has 0 aliphatic carbocycles. The number of oxazole rings is 1. The molecule has 2 aromatic heterocycles. The highest BCUT2D eigenvalue weighted by molar-refractivity contribution is 7.71. The van der Waals surface area contributed by atoms with Crippen LogP contribution in [0.4, 0.5) is 0 Å². The molecule has 15 heavy (non-hydrogen) atoms. The number of aromatic nitrogens is 3. The maximum Gasteiger partial charge on any atom is 0.266 e. The Labute approximate surface area is 92.9 Å². The first-order valence-electron chi connectivity index (χ1n) is 4.85. The van der Waals surface area contributed by atoms with E-state index in [4.69, 9.17) is 16.6 Å². The van der Waals surface area contributed by atoms with Crippen molar-refractivity contribution in [1.29, 1.82) is 0 Å². The zero-order valence-corrected chi connectivity index (χ0v) is 9.81. The summed E-state index contributed by atoms with van der Waals surface area (Å²) in [6.45, 7) is 6.97. The van der Waals surface area contributed by atoms with E-state index < -0.39 is 0 Å². The number of aromatic amines is 1. The Bertz CT molecular complexity index is 535. The molecule has 5 heteroatoms. The monoisotopic (exact) mass is 223 g/mol. The van der Waals surface area contributed by atoms with E-state index in [0.717, 1.165) is 29.2 Å². The molecule has 0 unspecified atom stereocenters. The summed E-state index contributed by atoms with van der Waals surface area (Å²) in [4.78, 5) is 3.40. The molecule has 2 heterocycles. The van der Waals surface area contributed by atoms with Gasteiger partial charge in [-0.25, -0.2) is 0 Å². The van der Waals surface area contributed by atoms with Crippen molar-refractivity contribution in [2.75, 3.05) is 0 Å². The molecule has 4 nitrogen and oxygen atoms in total. The Morgan fingerprint density at radius 2 is 2.27 bits per heavy atom. The van der Waals surface area contributed by atoms with Gasteiger partial charge in [0.1, 0.15) is 6.26 Å². The fourth-order valence-corrected chi connectivity index (χ4v) is 1.96. The predicted octanol–water partition coefficient (Wildman–Crippen LogP) is 2.84. The molecule has 0 spiro atoms. The lowest BCUT2D eigenvalue weighted by atomic mass is 10.1. The zero-order valence-electron chi connectivity index (χ0n) is 9.00. The molecule has 80 valence electrons. The molecular weight excluding hydrogens is 210 g/mol. The van der Waals surface area contributed by atoms with Gasteiger partial charge in [0, 0.05) is 17.8 Å². The van der Waals surface area contributed by atoms with E-state index >= 15 is 0 Å². The second-order valence-corrected chi connectivity index (χ2v) is 3.79. The van der Waals surface area contributed by atoms with Crippen molar-refractivity contribution in [2.24, 2.45) is 0 Å². The second-order valence-electron chi connectivity index (χ2n) is 3.42. The molecule has 0 saturated carbocycles. The van der Waals surface area contributed by atoms with Gasteiger partial charge < -0.3 is 9.40 Å². The van der Waals surface area contributed by atoms with Crippen molar-refractivity contribution in [3.05, 3.63) is 22.5 Å². The van der Waals surface area contributed by atoms with Gasteiger partial charge in [-0.15, -0.1) is 0 Å². The third kappa shape index (κ3) is 1.63. The van der Waals surface area contributed by atoms with Crippen molar-refractivity contribution in [3.63, 3.8) is 0 Å². The summed E-state index contributed by atoms with van der Waals surface area (Å²) in [5.74, 6) is 0. The van der Waals surface area contributed by atoms with E-state index in [0.29, 0.717) is 4.84 Å². The van der Waals surface area contributed by atoms with Crippen LogP contribution in [0.15, 0.2) is 10.7 Å². The van der Waals surface area contributed by atoms with Gasteiger partial charge in [0.2, 0.25) is 0 Å². The molecule has 0 bridgehead atoms. The first-order valence-corrected chi connectivity index (χ1v) is 5.26. The highest BCUT2D eigenvalue weighted by Gasteiger charge is 2.13. The molecule has 0 radical (unpaired) electrons. The third-order valence-corrected chi connectivity index (χ3v) is 2.67. The summed E-state index contributed by atoms with van der Waals surface area (Å²) >= 11 is 4.91. The topological polar surface area (TPSA) is 46.8 Å². The van der Waals surface area contributed by atoms with Gasteiger partial charge in [-0.3, -0.25) is 4.68 Å². The normalized spacial score (nSPS) is 10.9. The number of nitrogens with zero attached hydrogens (tertiary/aromatic N) is 2. The van der Waals surface area contributed by atoms with Crippen LogP contribution in [0.5, 0.6) is 0 Å². The molecule has 0 aliphatic heterocycles. The van der Waals surface area contributed by atoms with Gasteiger partial charge in [0.15, 0.2) is 0 Å². The fraction of sp³-hybridized carbons (Fsp3) is 0.400. The number of aryl methyl sites for hydroxylation is 2. The average Bonchev–Trinajstić information content (AvgIpc) is 2.71. The van der Waals surface area contributed by atoms with E-state index in [1.807, 2.05) is 18.5 Å². The van der Waals surface area contributed by atoms with Gasteiger partial charge in [0.05, 0.1) is 11.4 Å². The van der Waals surface area contributed by atoms with Crippen LogP contribution < -0.4 is 0 Å². The molecular formula is C10H13N3OS. The number of hydrogen-bond donors (Lipinski definition) is 1. The lowest BCUT2D eigenvalue weighted by Crippen LogP contribution is -1.98. The number of H-pyrrole nitrogens is 1. The van der Waals surface area contributed by atoms with Crippen LogP contribution in [0.2, 0.25) is 0 Å². The van der Waals surface area contributed by atoms with E-state index in [2.05, 4.69) is 17.0 Å². The minimum Gasteiger partial charge on any atom is -0.437 e. The van der Waals surface area contributed by atoms with E-state index in [-0.39, 0.29) is 0 Å². The maximum atomic E-state index is 5.09. The molecule has 0 amide bonds. The van der Waals surface area contributed by atoms with Crippen LogP contribution in [0.25, 0.3) is 11.3 Å². The molecule has 0 atom stereocenters. The van der Waals surface area contributed by atoms with E-state index in [9.17, 15) is 0 Å². The molecule has 1 N–H and O–H groups in total. The average molecular weight is 223 g/mol. The summed E-state index contributed by atoms with van der Waals surface area (Å²) in [7, 11) is 0. The van der Waals surface area contributed by atoms with Crippen molar-refractivity contribution >= 4 is 12.2 Å². The first kappa shape index (κ1) is 10.2. The van der Waals surface area contributed by atoms with Gasteiger partial charge >= 0.3 is 0 Å². The molecule has 2 aromatic rings. The smallest absolute Gasteiger partial charge is 0.266 e. The third-order valence-electron chi connectivity index (χ3n) is 2.47. The molecule has 0 saturated heterocycles. The van der Waals surface area contributed by atoms with Crippen LogP contribution in [0.1, 0.15) is 18.3 Å². The summed E-state index contributed by atoms with van der Waals surface area (Å²) in [6, 6.07) is 0. The van der Waals surface area contributed by atoms with Crippen LogP contribution in [-0.4, -0.2) is 14.8 Å². The highest BCUT2D eigenvalue weighted by atomic mass is 32.1. The minimum atomic E-state index is 0.396. The van der Waals surface area contributed by atoms with Crippen LogP contribution in [0, 0.1) is 18.7 Å². The predicted molar refractivity (Wildman–Crippen MR) is 60.3 cm³/mol. The Morgan fingerprint density at radius 1 is 1.53 bits per heavy atom. The zero-order chi connectivity index (χ0) is 11.0. The van der Waals surface area contributed by atoms with E-state index in [1.165, 1.54) is 0 Å². The number of hydrogen-bond acceptors (Lipinski definition) is 3. The Kier molecular flexibility index (Phi) is 2.48. The molecule has 0 aromatic carbocycles. The number of rotatable bonds is 2. The van der Waals surface area contributed by atoms with Crippen LogP contribution in [-0.2, 0) is 6.54 Å². The first-order chi connectivity index (χ1) is 7.13. The molecule has 0 aliphatic rings. The van der Waals surface area contributed by atoms with Crippen molar-refractivity contribution < 1.29 is 4.42 Å². The molecule has 0 fully saturated rings. The Morgan fingerprint density at radius 3 is 2.73 bits per heavy atom. The van der Waals surface area contributed by atoms with Crippen molar-refractivity contribution in [1.82, 2.24) is 14.8 Å². The minimum absolute atomic E-state index is 0.396. The van der Waals surface area contributed by atoms with Crippen LogP contribution >= 0.6 is 12.2 Å².